The lowest BCUT2D eigenvalue weighted by Crippen LogP contribution is -2.32. The number of hydrogen-bond donors (Lipinski definition) is 1. The van der Waals surface area contributed by atoms with E-state index in [1.54, 1.807) is 27.8 Å². The zero-order valence-electron chi connectivity index (χ0n) is 16.1. The molecule has 0 atom stereocenters. The fourth-order valence-electron chi connectivity index (χ4n) is 2.02. The van der Waals surface area contributed by atoms with Crippen molar-refractivity contribution in [2.45, 2.75) is 57.6 Å². The van der Waals surface area contributed by atoms with E-state index in [1.165, 1.54) is 0 Å². The van der Waals surface area contributed by atoms with Gasteiger partial charge in [-0.2, -0.15) is 0 Å². The fraction of sp³-hybridized carbons (Fsp3) is 0.632. The number of rotatable bonds is 13. The zero-order chi connectivity index (χ0) is 19.4. The highest BCUT2D eigenvalue weighted by atomic mass is 33.1. The molecular formula is C19H30N2O3S2. The van der Waals surface area contributed by atoms with E-state index in [4.69, 9.17) is 4.74 Å². The van der Waals surface area contributed by atoms with Crippen LogP contribution < -0.4 is 5.32 Å². The van der Waals surface area contributed by atoms with Crippen molar-refractivity contribution in [1.29, 1.82) is 0 Å². The van der Waals surface area contributed by atoms with E-state index in [-0.39, 0.29) is 23.2 Å². The maximum absolute atomic E-state index is 11.8. The molecule has 0 aliphatic rings. The maximum Gasteiger partial charge on any atom is 0.220 e. The van der Waals surface area contributed by atoms with E-state index in [9.17, 15) is 9.59 Å². The monoisotopic (exact) mass is 398 g/mol. The molecule has 1 aromatic rings. The standard InChI is InChI=1S/C19H30N2O3S2/c1-15(2)16(22)8-10-19(3,4)24-13-12-20-17(23)9-14-25-26-18-7-5-6-11-21-18/h5-7,11,15H,8-10,12-14H2,1-4H3,(H,20,23). The average molecular weight is 399 g/mol. The van der Waals surface area contributed by atoms with E-state index in [1.807, 2.05) is 45.9 Å². The van der Waals surface area contributed by atoms with E-state index in [2.05, 4.69) is 10.3 Å². The molecule has 0 aromatic carbocycles. The van der Waals surface area contributed by atoms with Crippen LogP contribution in [-0.2, 0) is 14.3 Å². The first-order chi connectivity index (χ1) is 12.3. The van der Waals surface area contributed by atoms with Gasteiger partial charge < -0.3 is 10.1 Å². The van der Waals surface area contributed by atoms with Gasteiger partial charge in [0.2, 0.25) is 5.91 Å². The molecule has 0 bridgehead atoms. The smallest absolute Gasteiger partial charge is 0.220 e. The van der Waals surface area contributed by atoms with Crippen molar-refractivity contribution in [2.75, 3.05) is 18.9 Å². The van der Waals surface area contributed by atoms with Crippen LogP contribution in [0.2, 0.25) is 0 Å². The number of carbonyl (C=O) groups is 2. The van der Waals surface area contributed by atoms with Crippen molar-refractivity contribution in [3.8, 4) is 0 Å². The lowest BCUT2D eigenvalue weighted by molar-refractivity contribution is -0.123. The van der Waals surface area contributed by atoms with Gasteiger partial charge in [0.05, 0.1) is 12.2 Å². The minimum Gasteiger partial charge on any atom is -0.374 e. The number of nitrogens with zero attached hydrogens (tertiary/aromatic N) is 1. The minimum absolute atomic E-state index is 0.0236. The third-order valence-electron chi connectivity index (χ3n) is 3.73. The number of carbonyl (C=O) groups excluding carboxylic acids is 2. The van der Waals surface area contributed by atoms with Crippen LogP contribution in [0.3, 0.4) is 0 Å². The van der Waals surface area contributed by atoms with Crippen LogP contribution in [-0.4, -0.2) is 41.2 Å². The van der Waals surface area contributed by atoms with Gasteiger partial charge >= 0.3 is 0 Å². The lowest BCUT2D eigenvalue weighted by atomic mass is 9.96. The molecule has 0 aliphatic carbocycles. The summed E-state index contributed by atoms with van der Waals surface area (Å²) in [5, 5.41) is 3.82. The summed E-state index contributed by atoms with van der Waals surface area (Å²) in [5.41, 5.74) is -0.357. The predicted molar refractivity (Wildman–Crippen MR) is 109 cm³/mol. The van der Waals surface area contributed by atoms with Crippen LogP contribution in [0.5, 0.6) is 0 Å². The summed E-state index contributed by atoms with van der Waals surface area (Å²) in [5.74, 6) is 1.09. The van der Waals surface area contributed by atoms with Crippen molar-refractivity contribution < 1.29 is 14.3 Å². The van der Waals surface area contributed by atoms with Crippen molar-refractivity contribution >= 4 is 33.3 Å². The van der Waals surface area contributed by atoms with Gasteiger partial charge in [-0.15, -0.1) is 0 Å². The third-order valence-corrected chi connectivity index (χ3v) is 6.00. The van der Waals surface area contributed by atoms with Crippen LogP contribution in [0, 0.1) is 5.92 Å². The average Bonchev–Trinajstić information content (AvgIpc) is 2.61. The first-order valence-electron chi connectivity index (χ1n) is 8.94. The number of hydrogen-bond acceptors (Lipinski definition) is 6. The zero-order valence-corrected chi connectivity index (χ0v) is 17.8. The van der Waals surface area contributed by atoms with Crippen LogP contribution >= 0.6 is 21.6 Å². The highest BCUT2D eigenvalue weighted by molar-refractivity contribution is 8.76. The van der Waals surface area contributed by atoms with Crippen LogP contribution in [0.4, 0.5) is 0 Å². The molecule has 1 amide bonds. The van der Waals surface area contributed by atoms with Gasteiger partial charge in [0.15, 0.2) is 0 Å². The Morgan fingerprint density at radius 1 is 1.27 bits per heavy atom. The van der Waals surface area contributed by atoms with E-state index in [0.717, 1.165) is 10.8 Å². The first-order valence-corrected chi connectivity index (χ1v) is 11.3. The Morgan fingerprint density at radius 2 is 2.04 bits per heavy atom. The molecule has 146 valence electrons. The molecule has 1 heterocycles. The van der Waals surface area contributed by atoms with Gasteiger partial charge in [-0.05, 0) is 43.2 Å². The van der Waals surface area contributed by atoms with Gasteiger partial charge in [-0.1, -0.05) is 30.7 Å². The van der Waals surface area contributed by atoms with Crippen molar-refractivity contribution in [1.82, 2.24) is 10.3 Å². The first kappa shape index (κ1) is 23.0. The number of pyridine rings is 1. The molecule has 1 rings (SSSR count). The van der Waals surface area contributed by atoms with Gasteiger partial charge in [0, 0.05) is 37.3 Å². The topological polar surface area (TPSA) is 68.3 Å². The molecule has 1 N–H and O–H groups in total. The lowest BCUT2D eigenvalue weighted by Gasteiger charge is -2.25. The number of ketones is 1. The molecule has 0 unspecified atom stereocenters. The Balaban J connectivity index is 2.07. The second-order valence-corrected chi connectivity index (χ2v) is 9.34. The third kappa shape index (κ3) is 10.8. The summed E-state index contributed by atoms with van der Waals surface area (Å²) in [6.07, 6.45) is 3.45. The Hall–Kier alpha value is -1.05. The molecule has 0 spiro atoms. The van der Waals surface area contributed by atoms with E-state index < -0.39 is 0 Å². The number of nitrogens with one attached hydrogen (secondary N) is 1. The second kappa shape index (κ2) is 12.4. The maximum atomic E-state index is 11.8. The van der Waals surface area contributed by atoms with Crippen molar-refractivity contribution in [3.63, 3.8) is 0 Å². The molecule has 0 aliphatic heterocycles. The minimum atomic E-state index is -0.357. The number of Topliss-reactive ketones (excluding diaryl/α,β-unsaturated/α-hetero) is 1. The summed E-state index contributed by atoms with van der Waals surface area (Å²) in [7, 11) is 3.20. The Morgan fingerprint density at radius 3 is 2.69 bits per heavy atom. The molecule has 1 aromatic heterocycles. The Labute approximate surface area is 164 Å². The molecular weight excluding hydrogens is 368 g/mol. The van der Waals surface area contributed by atoms with Crippen molar-refractivity contribution in [2.24, 2.45) is 5.92 Å². The van der Waals surface area contributed by atoms with Gasteiger partial charge in [-0.25, -0.2) is 4.98 Å². The molecule has 26 heavy (non-hydrogen) atoms. The summed E-state index contributed by atoms with van der Waals surface area (Å²) in [4.78, 5) is 27.7. The number of ether oxygens (including phenoxy) is 1. The molecule has 7 heteroatoms. The number of amides is 1. The molecule has 0 saturated heterocycles. The van der Waals surface area contributed by atoms with Crippen molar-refractivity contribution in [3.05, 3.63) is 24.4 Å². The summed E-state index contributed by atoms with van der Waals surface area (Å²) in [6.45, 7) is 8.72. The highest BCUT2D eigenvalue weighted by Crippen LogP contribution is 2.29. The fourth-order valence-corrected chi connectivity index (χ4v) is 3.89. The van der Waals surface area contributed by atoms with Crippen LogP contribution in [0.1, 0.15) is 47.0 Å². The quantitative estimate of drug-likeness (QED) is 0.398. The Bertz CT molecular complexity index is 551. The van der Waals surface area contributed by atoms with E-state index in [0.29, 0.717) is 32.4 Å². The normalized spacial score (nSPS) is 11.6. The van der Waals surface area contributed by atoms with Gasteiger partial charge in [-0.3, -0.25) is 9.59 Å². The largest absolute Gasteiger partial charge is 0.374 e. The second-order valence-electron chi connectivity index (χ2n) is 6.90. The van der Waals surface area contributed by atoms with Gasteiger partial charge in [0.1, 0.15) is 10.8 Å². The predicted octanol–water partition coefficient (Wildman–Crippen LogP) is 4.13. The van der Waals surface area contributed by atoms with E-state index >= 15 is 0 Å². The summed E-state index contributed by atoms with van der Waals surface area (Å²) in [6, 6.07) is 5.78. The molecule has 0 saturated carbocycles. The summed E-state index contributed by atoms with van der Waals surface area (Å²) >= 11 is 0. The van der Waals surface area contributed by atoms with Crippen LogP contribution in [0.15, 0.2) is 29.4 Å². The molecule has 5 nitrogen and oxygen atoms in total. The summed E-state index contributed by atoms with van der Waals surface area (Å²) < 4.78 is 5.81. The number of aromatic nitrogens is 1. The highest BCUT2D eigenvalue weighted by Gasteiger charge is 2.20. The molecule has 0 radical (unpaired) electrons. The van der Waals surface area contributed by atoms with Crippen LogP contribution in [0.25, 0.3) is 0 Å². The molecule has 0 fully saturated rings. The Kier molecular flexibility index (Phi) is 10.9. The van der Waals surface area contributed by atoms with Gasteiger partial charge in [0.25, 0.3) is 0 Å². The SMILES string of the molecule is CC(C)C(=O)CCC(C)(C)OCCNC(=O)CCSSc1ccccn1.